The molecule has 0 N–H and O–H groups in total. The van der Waals surface area contributed by atoms with Crippen molar-refractivity contribution in [1.29, 1.82) is 0 Å². The van der Waals surface area contributed by atoms with Crippen molar-refractivity contribution in [2.24, 2.45) is 0 Å². The summed E-state index contributed by atoms with van der Waals surface area (Å²) in [7, 11) is -0.497. The Balaban J connectivity index is 1.10. The van der Waals surface area contributed by atoms with Gasteiger partial charge < -0.3 is 0 Å². The molecule has 10 saturated heterocycles. The van der Waals surface area contributed by atoms with Gasteiger partial charge in [0.2, 0.25) is 0 Å². The summed E-state index contributed by atoms with van der Waals surface area (Å²) < 4.78 is 1.56. The van der Waals surface area contributed by atoms with Gasteiger partial charge in [0.15, 0.2) is 0 Å². The van der Waals surface area contributed by atoms with Gasteiger partial charge in [-0.15, -0.1) is 0 Å². The molecule has 3 heteroatoms. The van der Waals surface area contributed by atoms with E-state index in [1.54, 1.807) is 10.6 Å². The third kappa shape index (κ3) is 0.673. The Morgan fingerprint density at radius 3 is 1.42 bits per heavy atom. The van der Waals surface area contributed by atoms with Crippen LogP contribution < -0.4 is 10.6 Å². The zero-order valence-electron chi connectivity index (χ0n) is 26.5. The summed E-state index contributed by atoms with van der Waals surface area (Å²) in [6, 6.07) is 34.1. The summed E-state index contributed by atoms with van der Waals surface area (Å²) in [4.78, 5) is 10.4. The molecule has 0 radical (unpaired) electrons. The molecule has 0 amide bonds. The molecule has 0 aromatic heterocycles. The first kappa shape index (κ1) is 23.2. The molecular formula is C40H44FeP2. The molecule has 43 heavy (non-hydrogen) atoms. The molecule has 5 unspecified atom stereocenters. The number of rotatable bonds is 5. The maximum atomic E-state index is 2.90. The number of hydrogen-bond acceptors (Lipinski definition) is 0. The molecule has 0 nitrogen and oxygen atoms in total. The first-order valence-electron chi connectivity index (χ1n) is 17.0. The molecule has 0 aliphatic carbocycles. The number of fused-ring (bicyclic) bond motifs is 12. The van der Waals surface area contributed by atoms with Gasteiger partial charge >= 0.3 is 251 Å². The van der Waals surface area contributed by atoms with Gasteiger partial charge in [0, 0.05) is 0 Å². The Morgan fingerprint density at radius 2 is 1.02 bits per heavy atom. The van der Waals surface area contributed by atoms with E-state index in [0.29, 0.717) is 10.3 Å². The Kier molecular flexibility index (Phi) is 1.97. The Labute approximate surface area is 249 Å². The third-order valence-corrected chi connectivity index (χ3v) is 76.1. The average Bonchev–Trinajstić information content (AvgIpc) is 3.90. The quantitative estimate of drug-likeness (QED) is 0.150. The second-order valence-electron chi connectivity index (χ2n) is 20.6. The van der Waals surface area contributed by atoms with E-state index < -0.39 is 6.51 Å². The van der Waals surface area contributed by atoms with Crippen LogP contribution in [-0.2, 0) is 6.51 Å². The number of hydrogen-bond donors (Lipinski definition) is 0. The Bertz CT molecular complexity index is 2360. The van der Waals surface area contributed by atoms with Crippen LogP contribution in [0.5, 0.6) is 0 Å². The minimum absolute atomic E-state index is 0.116. The van der Waals surface area contributed by atoms with Crippen LogP contribution in [0.1, 0.15) is 48.5 Å². The predicted molar refractivity (Wildman–Crippen MR) is 185 cm³/mol. The molecule has 14 rings (SSSR count). The van der Waals surface area contributed by atoms with Crippen LogP contribution in [-0.4, -0.2) is 20.0 Å². The summed E-state index contributed by atoms with van der Waals surface area (Å²) >= 11 is 0. The zero-order valence-corrected chi connectivity index (χ0v) is 29.4. The maximum absolute atomic E-state index is 3.84. The third-order valence-electron chi connectivity index (χ3n) is 21.6. The molecule has 0 bridgehead atoms. The monoisotopic (exact) mass is 642 g/mol. The van der Waals surface area contributed by atoms with Crippen LogP contribution in [0.2, 0.25) is 42.8 Å². The van der Waals surface area contributed by atoms with Crippen molar-refractivity contribution in [3.63, 3.8) is 0 Å². The molecule has 4 aromatic rings. The second-order valence-corrected chi connectivity index (χ2v) is 50.8. The summed E-state index contributed by atoms with van der Waals surface area (Å²) in [5.74, 6) is 0. The average molecular weight is 643 g/mol. The minimum atomic E-state index is -3.84. The van der Waals surface area contributed by atoms with E-state index >= 15 is 0 Å². The molecule has 1 spiro atoms. The van der Waals surface area contributed by atoms with Crippen molar-refractivity contribution in [1.82, 2.24) is 0 Å². The number of benzene rings is 4. The van der Waals surface area contributed by atoms with Crippen LogP contribution in [0, 0.1) is 0 Å². The molecule has 222 valence electrons. The van der Waals surface area contributed by atoms with Crippen LogP contribution in [0.3, 0.4) is 0 Å². The second kappa shape index (κ2) is 3.66. The molecular weight excluding hydrogens is 598 g/mol. The van der Waals surface area contributed by atoms with Gasteiger partial charge in [-0.25, -0.2) is 0 Å². The van der Waals surface area contributed by atoms with Gasteiger partial charge in [-0.05, 0) is 0 Å². The van der Waals surface area contributed by atoms with E-state index in [2.05, 4.69) is 133 Å². The van der Waals surface area contributed by atoms with E-state index in [9.17, 15) is 0 Å². The van der Waals surface area contributed by atoms with Gasteiger partial charge in [-0.2, -0.15) is 0 Å². The van der Waals surface area contributed by atoms with Crippen molar-refractivity contribution in [3.8, 4) is 0 Å². The standard InChI is InChI=1S/C35H39P2.C5H5.Fe/c1-25(37(34(2,3)4)35(5,6)7)32-17-12-18-33(32)36(30-21-19-26-13-8-10-15-28(26)23-30)31-22-20-27-14-9-11-16-29(27)24-31;1-2-4-5-3-1;/h8-25H,1-7H3;1-5H;. The van der Waals surface area contributed by atoms with Gasteiger partial charge in [-0.3, -0.25) is 0 Å². The first-order chi connectivity index (χ1) is 20.2. The molecule has 10 fully saturated rings. The molecule has 10 heterocycles. The van der Waals surface area contributed by atoms with Crippen LogP contribution in [0.4, 0.5) is 0 Å². The SMILES string of the molecule is CC(P(C(C)(C)C)C(C)(C)C)[C@]12[CH]3[CH]4[CH]5[C]1(P(c1ccc6ccccc6c1)c1ccc6ccccc6c1)[Fe]45321678[CH]2[CH]1[CH]6[CH]7[CH]28. The van der Waals surface area contributed by atoms with Crippen LogP contribution in [0.15, 0.2) is 84.9 Å². The molecule has 10 aliphatic heterocycles. The predicted octanol–water partition coefficient (Wildman–Crippen LogP) is 11.6. The fourth-order valence-corrected chi connectivity index (χ4v) is 123. The van der Waals surface area contributed by atoms with E-state index in [1.807, 2.05) is 0 Å². The van der Waals surface area contributed by atoms with E-state index in [4.69, 9.17) is 0 Å². The van der Waals surface area contributed by atoms with Crippen LogP contribution >= 0.6 is 15.8 Å². The fraction of sp³-hybridized carbons (Fsp3) is 0.500. The van der Waals surface area contributed by atoms with Gasteiger partial charge in [0.1, 0.15) is 0 Å². The van der Waals surface area contributed by atoms with Crippen molar-refractivity contribution >= 4 is 48.0 Å². The summed E-state index contributed by atoms with van der Waals surface area (Å²) in [6.07, 6.45) is 0. The normalized spacial score (nSPS) is 58.0. The Morgan fingerprint density at radius 1 is 0.581 bits per heavy atom. The first-order valence-corrected chi connectivity index (χ1v) is 26.0. The summed E-state index contributed by atoms with van der Waals surface area (Å²) in [5.41, 5.74) is 0.942. The topological polar surface area (TPSA) is 0 Å². The van der Waals surface area contributed by atoms with Gasteiger partial charge in [0.25, 0.3) is 0 Å². The fourth-order valence-electron chi connectivity index (χ4n) is 24.0. The van der Waals surface area contributed by atoms with Crippen molar-refractivity contribution < 1.29 is 6.51 Å². The van der Waals surface area contributed by atoms with Gasteiger partial charge in [0.05, 0.1) is 0 Å². The summed E-state index contributed by atoms with van der Waals surface area (Å²) in [6.45, 7) is 14.9. The Hall–Kier alpha value is -1.22. The zero-order chi connectivity index (χ0) is 29.0. The van der Waals surface area contributed by atoms with E-state index in [0.717, 1.165) is 14.0 Å². The van der Waals surface area contributed by atoms with Crippen molar-refractivity contribution in [2.45, 2.75) is 111 Å². The molecule has 0 saturated carbocycles. The van der Waals surface area contributed by atoms with E-state index in [-0.39, 0.29) is 15.8 Å². The van der Waals surface area contributed by atoms with E-state index in [1.165, 1.54) is 60.1 Å². The summed E-state index contributed by atoms with van der Waals surface area (Å²) in [5, 5.41) is 10.1. The van der Waals surface area contributed by atoms with Crippen molar-refractivity contribution in [3.05, 3.63) is 84.9 Å². The van der Waals surface area contributed by atoms with Crippen molar-refractivity contribution in [2.75, 3.05) is 0 Å². The van der Waals surface area contributed by atoms with Crippen LogP contribution in [0.25, 0.3) is 21.5 Å². The molecule has 10 aliphatic rings. The molecule has 6 atom stereocenters. The molecule has 4 aromatic carbocycles. The van der Waals surface area contributed by atoms with Gasteiger partial charge in [-0.1, -0.05) is 0 Å².